The number of nitrogens with zero attached hydrogens (tertiary/aromatic N) is 5. The Morgan fingerprint density at radius 2 is 1.76 bits per heavy atom. The number of carbonyl (C=O) groups is 1. The largest absolute Gasteiger partial charge is 0.353 e. The van der Waals surface area contributed by atoms with Gasteiger partial charge in [-0.2, -0.15) is 4.98 Å². The molecule has 2 fully saturated rings. The second-order valence-corrected chi connectivity index (χ2v) is 10.9. The smallest absolute Gasteiger partial charge is 0.255 e. The Morgan fingerprint density at radius 3 is 2.44 bits per heavy atom. The molecule has 2 aliphatic rings. The molecule has 1 aliphatic heterocycles. The topological polar surface area (TPSA) is 110 Å². The van der Waals surface area contributed by atoms with Gasteiger partial charge in [0, 0.05) is 50.1 Å². The van der Waals surface area contributed by atoms with Crippen molar-refractivity contribution in [3.63, 3.8) is 0 Å². The van der Waals surface area contributed by atoms with Crippen molar-refractivity contribution in [1.29, 1.82) is 0 Å². The van der Waals surface area contributed by atoms with E-state index in [-0.39, 0.29) is 16.4 Å². The molecule has 0 radical (unpaired) electrons. The van der Waals surface area contributed by atoms with Crippen LogP contribution in [0.4, 0.5) is 5.82 Å². The van der Waals surface area contributed by atoms with E-state index < -0.39 is 9.84 Å². The van der Waals surface area contributed by atoms with Crippen LogP contribution >= 0.6 is 0 Å². The van der Waals surface area contributed by atoms with Crippen molar-refractivity contribution in [1.82, 2.24) is 20.0 Å². The van der Waals surface area contributed by atoms with Gasteiger partial charge < -0.3 is 14.3 Å². The highest BCUT2D eigenvalue weighted by atomic mass is 32.2. The normalized spacial score (nSPS) is 17.3. The first-order valence-electron chi connectivity index (χ1n) is 11.5. The number of amides is 1. The fourth-order valence-corrected chi connectivity index (χ4v) is 5.55. The first-order valence-corrected chi connectivity index (χ1v) is 13.4. The summed E-state index contributed by atoms with van der Waals surface area (Å²) in [5.74, 6) is 2.19. The predicted molar refractivity (Wildman–Crippen MR) is 126 cm³/mol. The van der Waals surface area contributed by atoms with E-state index in [1.165, 1.54) is 18.9 Å². The summed E-state index contributed by atoms with van der Waals surface area (Å²) in [5.41, 5.74) is 1.03. The molecular weight excluding hydrogens is 454 g/mol. The van der Waals surface area contributed by atoms with Gasteiger partial charge in [0.15, 0.2) is 9.84 Å². The summed E-state index contributed by atoms with van der Waals surface area (Å²) in [4.78, 5) is 26.0. The molecule has 1 saturated heterocycles. The standard InChI is InChI=1S/C24H27N5O4S/c1-34(31,32)20-9-5-4-8-19(20)24(30)29-14-12-28(13-15-29)21-11-10-18(16-25-21)22-26-23(33-27-22)17-6-2-3-7-17/h4-5,8-11,16-17H,2-3,6-7,12-15H2,1H3. The van der Waals surface area contributed by atoms with E-state index in [2.05, 4.69) is 20.0 Å². The van der Waals surface area contributed by atoms with E-state index in [9.17, 15) is 13.2 Å². The highest BCUT2D eigenvalue weighted by Crippen LogP contribution is 2.34. The SMILES string of the molecule is CS(=O)(=O)c1ccccc1C(=O)N1CCN(c2ccc(-c3noc(C4CCCC4)n3)cn2)CC1. The Balaban J connectivity index is 1.23. The zero-order valence-corrected chi connectivity index (χ0v) is 19.9. The molecule has 9 nitrogen and oxygen atoms in total. The van der Waals surface area contributed by atoms with Crippen molar-refractivity contribution >= 4 is 21.6 Å². The van der Waals surface area contributed by atoms with Gasteiger partial charge in [-0.15, -0.1) is 0 Å². The van der Waals surface area contributed by atoms with Crippen molar-refractivity contribution < 1.29 is 17.7 Å². The van der Waals surface area contributed by atoms with Gasteiger partial charge in [-0.25, -0.2) is 13.4 Å². The minimum absolute atomic E-state index is 0.0669. The second-order valence-electron chi connectivity index (χ2n) is 8.89. The molecule has 1 aliphatic carbocycles. The number of aromatic nitrogens is 3. The molecule has 0 spiro atoms. The highest BCUT2D eigenvalue weighted by Gasteiger charge is 2.27. The van der Waals surface area contributed by atoms with E-state index in [1.807, 2.05) is 12.1 Å². The van der Waals surface area contributed by atoms with E-state index in [1.54, 1.807) is 29.3 Å². The van der Waals surface area contributed by atoms with Crippen LogP contribution in [0.15, 0.2) is 52.0 Å². The van der Waals surface area contributed by atoms with Gasteiger partial charge in [0.2, 0.25) is 11.7 Å². The number of hydrogen-bond donors (Lipinski definition) is 0. The maximum Gasteiger partial charge on any atom is 0.255 e. The van der Waals surface area contributed by atoms with Crippen LogP contribution in [-0.2, 0) is 9.84 Å². The molecule has 3 aromatic rings. The lowest BCUT2D eigenvalue weighted by molar-refractivity contribution is 0.0742. The summed E-state index contributed by atoms with van der Waals surface area (Å²) in [5, 5.41) is 4.13. The van der Waals surface area contributed by atoms with Crippen LogP contribution in [0.5, 0.6) is 0 Å². The molecule has 1 saturated carbocycles. The molecule has 3 heterocycles. The lowest BCUT2D eigenvalue weighted by Gasteiger charge is -2.35. The summed E-state index contributed by atoms with van der Waals surface area (Å²) in [6.07, 6.45) is 7.50. The van der Waals surface area contributed by atoms with Gasteiger partial charge in [0.05, 0.1) is 10.5 Å². The number of sulfone groups is 1. The molecule has 1 aromatic carbocycles. The maximum atomic E-state index is 13.0. The molecule has 5 rings (SSSR count). The fraction of sp³-hybridized carbons (Fsp3) is 0.417. The number of pyridine rings is 1. The van der Waals surface area contributed by atoms with Crippen LogP contribution in [0.25, 0.3) is 11.4 Å². The van der Waals surface area contributed by atoms with Crippen LogP contribution in [0.1, 0.15) is 47.8 Å². The van der Waals surface area contributed by atoms with Crippen LogP contribution in [0, 0.1) is 0 Å². The van der Waals surface area contributed by atoms with E-state index >= 15 is 0 Å². The van der Waals surface area contributed by atoms with Gasteiger partial charge in [-0.3, -0.25) is 4.79 Å². The zero-order valence-electron chi connectivity index (χ0n) is 19.1. The molecule has 1 amide bonds. The Kier molecular flexibility index (Phi) is 6.07. The molecule has 0 bridgehead atoms. The van der Waals surface area contributed by atoms with Crippen LogP contribution in [0.2, 0.25) is 0 Å². The first-order chi connectivity index (χ1) is 16.4. The minimum atomic E-state index is -3.49. The molecule has 0 atom stereocenters. The number of rotatable bonds is 5. The third-order valence-corrected chi connectivity index (χ3v) is 7.71. The first kappa shape index (κ1) is 22.5. The molecule has 10 heteroatoms. The Bertz CT molecular complexity index is 1270. The quantitative estimate of drug-likeness (QED) is 0.547. The maximum absolute atomic E-state index is 13.0. The van der Waals surface area contributed by atoms with Crippen LogP contribution in [0.3, 0.4) is 0 Å². The zero-order chi connectivity index (χ0) is 23.7. The van der Waals surface area contributed by atoms with Crippen LogP contribution < -0.4 is 4.90 Å². The minimum Gasteiger partial charge on any atom is -0.353 e. The highest BCUT2D eigenvalue weighted by molar-refractivity contribution is 7.90. The van der Waals surface area contributed by atoms with Gasteiger partial charge in [-0.1, -0.05) is 30.1 Å². The van der Waals surface area contributed by atoms with Gasteiger partial charge in [-0.05, 0) is 37.1 Å². The second kappa shape index (κ2) is 9.17. The monoisotopic (exact) mass is 481 g/mol. The average Bonchev–Trinajstić information content (AvgIpc) is 3.56. The van der Waals surface area contributed by atoms with Crippen molar-refractivity contribution in [3.05, 3.63) is 54.0 Å². The van der Waals surface area contributed by atoms with Gasteiger partial charge >= 0.3 is 0 Å². The Morgan fingerprint density at radius 1 is 1.03 bits per heavy atom. The van der Waals surface area contributed by atoms with Crippen molar-refractivity contribution in [2.75, 3.05) is 37.3 Å². The van der Waals surface area contributed by atoms with E-state index in [4.69, 9.17) is 4.52 Å². The number of piperazine rings is 1. The summed E-state index contributed by atoms with van der Waals surface area (Å²) < 4.78 is 29.6. The van der Waals surface area contributed by atoms with E-state index in [0.717, 1.165) is 36.4 Å². The molecule has 0 unspecified atom stereocenters. The van der Waals surface area contributed by atoms with Crippen LogP contribution in [-0.4, -0.2) is 66.8 Å². The third-order valence-electron chi connectivity index (χ3n) is 6.56. The van der Waals surface area contributed by atoms with Crippen molar-refractivity contribution in [2.24, 2.45) is 0 Å². The summed E-state index contributed by atoms with van der Waals surface area (Å²) >= 11 is 0. The lowest BCUT2D eigenvalue weighted by Crippen LogP contribution is -2.49. The molecule has 178 valence electrons. The van der Waals surface area contributed by atoms with Crippen molar-refractivity contribution in [2.45, 2.75) is 36.5 Å². The Hall–Kier alpha value is -3.27. The molecule has 2 aromatic heterocycles. The average molecular weight is 482 g/mol. The third kappa shape index (κ3) is 4.54. The molecule has 34 heavy (non-hydrogen) atoms. The number of anilines is 1. The summed E-state index contributed by atoms with van der Waals surface area (Å²) in [7, 11) is -3.49. The van der Waals surface area contributed by atoms with Crippen molar-refractivity contribution in [3.8, 4) is 11.4 Å². The number of benzene rings is 1. The van der Waals surface area contributed by atoms with Gasteiger partial charge in [0.25, 0.3) is 5.91 Å². The number of hydrogen-bond acceptors (Lipinski definition) is 8. The van der Waals surface area contributed by atoms with Gasteiger partial charge in [0.1, 0.15) is 5.82 Å². The molecule has 0 N–H and O–H groups in total. The van der Waals surface area contributed by atoms with E-state index in [0.29, 0.717) is 37.9 Å². The Labute approximate surface area is 198 Å². The predicted octanol–water partition coefficient (Wildman–Crippen LogP) is 3.16. The number of carbonyl (C=O) groups excluding carboxylic acids is 1. The summed E-state index contributed by atoms with van der Waals surface area (Å²) in [6, 6.07) is 10.2. The summed E-state index contributed by atoms with van der Waals surface area (Å²) in [6.45, 7) is 2.17. The lowest BCUT2D eigenvalue weighted by atomic mass is 10.1. The fourth-order valence-electron chi connectivity index (χ4n) is 4.67. The molecular formula is C24H27N5O4S.